The number of rotatable bonds is 6. The first-order valence-electron chi connectivity index (χ1n) is 11.0. The maximum Gasteiger partial charge on any atom is 0.246 e. The molecule has 1 N–H and O–H groups in total. The van der Waals surface area contributed by atoms with E-state index < -0.39 is 0 Å². The van der Waals surface area contributed by atoms with E-state index in [1.165, 1.54) is 0 Å². The Morgan fingerprint density at radius 2 is 2.09 bits per heavy atom. The standard InChI is InChI=1S/C24H29N7O/c1-17-21(18(2)30(3)29-17)9-10-24(32)31-12-6-7-19(15-31)13-20-14-23(27-16-26-20)28-22-8-4-5-11-25-22/h4-5,8-11,14,16,19H,6-7,12-13,15H2,1-3H3,(H,25,26,27,28)/b10-9+. The summed E-state index contributed by atoms with van der Waals surface area (Å²) in [5.74, 6) is 1.90. The lowest BCUT2D eigenvalue weighted by Crippen LogP contribution is -2.39. The molecule has 0 spiro atoms. The molecule has 0 radical (unpaired) electrons. The number of pyridine rings is 1. The average Bonchev–Trinajstić information content (AvgIpc) is 3.04. The minimum absolute atomic E-state index is 0.0533. The molecule has 1 saturated heterocycles. The number of aryl methyl sites for hydroxylation is 2. The Bertz CT molecular complexity index is 1110. The van der Waals surface area contributed by atoms with Crippen molar-refractivity contribution in [2.75, 3.05) is 18.4 Å². The van der Waals surface area contributed by atoms with E-state index in [1.807, 2.05) is 60.8 Å². The number of likely N-dealkylation sites (tertiary alicyclic amines) is 1. The number of aromatic nitrogens is 5. The van der Waals surface area contributed by atoms with Gasteiger partial charge in [0.15, 0.2) is 0 Å². The van der Waals surface area contributed by atoms with Gasteiger partial charge in [0.1, 0.15) is 18.0 Å². The smallest absolute Gasteiger partial charge is 0.246 e. The van der Waals surface area contributed by atoms with Crippen LogP contribution in [0.15, 0.2) is 42.9 Å². The molecular weight excluding hydrogens is 402 g/mol. The highest BCUT2D eigenvalue weighted by molar-refractivity contribution is 5.92. The van der Waals surface area contributed by atoms with Gasteiger partial charge in [0.2, 0.25) is 5.91 Å². The molecule has 1 aliphatic rings. The van der Waals surface area contributed by atoms with Gasteiger partial charge in [-0.25, -0.2) is 15.0 Å². The molecule has 0 bridgehead atoms. The Balaban J connectivity index is 1.37. The summed E-state index contributed by atoms with van der Waals surface area (Å²) in [6.07, 6.45) is 9.79. The second-order valence-electron chi connectivity index (χ2n) is 8.27. The summed E-state index contributed by atoms with van der Waals surface area (Å²) in [5, 5.41) is 7.62. The number of nitrogens with zero attached hydrogens (tertiary/aromatic N) is 6. The fourth-order valence-corrected chi connectivity index (χ4v) is 4.16. The highest BCUT2D eigenvalue weighted by atomic mass is 16.2. The maximum atomic E-state index is 12.8. The molecule has 8 heteroatoms. The molecule has 0 saturated carbocycles. The zero-order valence-corrected chi connectivity index (χ0v) is 18.8. The highest BCUT2D eigenvalue weighted by Gasteiger charge is 2.23. The van der Waals surface area contributed by atoms with Crippen molar-refractivity contribution in [1.29, 1.82) is 0 Å². The molecule has 1 unspecified atom stereocenters. The summed E-state index contributed by atoms with van der Waals surface area (Å²) < 4.78 is 1.84. The Labute approximate surface area is 188 Å². The van der Waals surface area contributed by atoms with E-state index in [2.05, 4.69) is 25.4 Å². The molecule has 4 rings (SSSR count). The van der Waals surface area contributed by atoms with E-state index in [0.717, 1.165) is 66.6 Å². The third-order valence-electron chi connectivity index (χ3n) is 5.93. The van der Waals surface area contributed by atoms with Gasteiger partial charge in [-0.1, -0.05) is 6.07 Å². The first kappa shape index (κ1) is 21.7. The molecule has 1 fully saturated rings. The van der Waals surface area contributed by atoms with Crippen LogP contribution in [0.1, 0.15) is 35.5 Å². The van der Waals surface area contributed by atoms with Gasteiger partial charge >= 0.3 is 0 Å². The van der Waals surface area contributed by atoms with Crippen LogP contribution in [-0.4, -0.2) is 48.6 Å². The van der Waals surface area contributed by atoms with Crippen LogP contribution in [0.3, 0.4) is 0 Å². The Morgan fingerprint density at radius 3 is 2.84 bits per heavy atom. The van der Waals surface area contributed by atoms with Gasteiger partial charge in [-0.05, 0) is 57.2 Å². The molecule has 0 aromatic carbocycles. The number of piperidine rings is 1. The monoisotopic (exact) mass is 431 g/mol. The minimum atomic E-state index is 0.0533. The van der Waals surface area contributed by atoms with Crippen molar-refractivity contribution in [3.63, 3.8) is 0 Å². The lowest BCUT2D eigenvalue weighted by molar-refractivity contribution is -0.127. The van der Waals surface area contributed by atoms with Gasteiger partial charge in [0.25, 0.3) is 0 Å². The van der Waals surface area contributed by atoms with Crippen LogP contribution in [0, 0.1) is 19.8 Å². The van der Waals surface area contributed by atoms with E-state index in [1.54, 1.807) is 18.6 Å². The highest BCUT2D eigenvalue weighted by Crippen LogP contribution is 2.22. The van der Waals surface area contributed by atoms with Gasteiger partial charge < -0.3 is 10.2 Å². The summed E-state index contributed by atoms with van der Waals surface area (Å²) in [5.41, 5.74) is 3.98. The molecule has 1 atom stereocenters. The van der Waals surface area contributed by atoms with Crippen molar-refractivity contribution < 1.29 is 4.79 Å². The fourth-order valence-electron chi connectivity index (χ4n) is 4.16. The van der Waals surface area contributed by atoms with Crippen molar-refractivity contribution in [2.45, 2.75) is 33.1 Å². The van der Waals surface area contributed by atoms with Crippen LogP contribution < -0.4 is 5.32 Å². The summed E-state index contributed by atoms with van der Waals surface area (Å²) in [6, 6.07) is 7.66. The molecule has 1 aliphatic heterocycles. The van der Waals surface area contributed by atoms with Crippen LogP contribution in [0.4, 0.5) is 11.6 Å². The Morgan fingerprint density at radius 1 is 1.22 bits per heavy atom. The fraction of sp³-hybridized carbons (Fsp3) is 0.375. The van der Waals surface area contributed by atoms with Crippen LogP contribution in [0.2, 0.25) is 0 Å². The van der Waals surface area contributed by atoms with Crippen molar-refractivity contribution >= 4 is 23.6 Å². The van der Waals surface area contributed by atoms with Gasteiger partial charge in [-0.15, -0.1) is 0 Å². The van der Waals surface area contributed by atoms with Crippen molar-refractivity contribution in [3.8, 4) is 0 Å². The third-order valence-corrected chi connectivity index (χ3v) is 5.93. The third kappa shape index (κ3) is 5.19. The molecule has 1 amide bonds. The van der Waals surface area contributed by atoms with Crippen molar-refractivity contribution in [2.24, 2.45) is 13.0 Å². The van der Waals surface area contributed by atoms with Gasteiger partial charge in [-0.3, -0.25) is 9.48 Å². The predicted octanol–water partition coefficient (Wildman–Crippen LogP) is 3.46. The lowest BCUT2D eigenvalue weighted by Gasteiger charge is -2.32. The van der Waals surface area contributed by atoms with E-state index in [-0.39, 0.29) is 5.91 Å². The van der Waals surface area contributed by atoms with Gasteiger partial charge in [0.05, 0.1) is 5.69 Å². The average molecular weight is 432 g/mol. The van der Waals surface area contributed by atoms with Gasteiger partial charge in [0, 0.05) is 55.4 Å². The number of nitrogens with one attached hydrogen (secondary N) is 1. The Hall–Kier alpha value is -3.55. The number of carbonyl (C=O) groups is 1. The number of amides is 1. The zero-order chi connectivity index (χ0) is 22.5. The Kier molecular flexibility index (Phi) is 6.58. The molecular formula is C24H29N7O. The normalized spacial score (nSPS) is 16.5. The molecule has 32 heavy (non-hydrogen) atoms. The predicted molar refractivity (Wildman–Crippen MR) is 124 cm³/mol. The van der Waals surface area contributed by atoms with Crippen LogP contribution in [0.5, 0.6) is 0 Å². The minimum Gasteiger partial charge on any atom is -0.339 e. The zero-order valence-electron chi connectivity index (χ0n) is 18.8. The lowest BCUT2D eigenvalue weighted by atomic mass is 9.93. The van der Waals surface area contributed by atoms with Crippen LogP contribution >= 0.6 is 0 Å². The SMILES string of the molecule is Cc1nn(C)c(C)c1/C=C/C(=O)N1CCCC(Cc2cc(Nc3ccccn3)ncn2)C1. The van der Waals surface area contributed by atoms with E-state index in [0.29, 0.717) is 5.92 Å². The van der Waals surface area contributed by atoms with Gasteiger partial charge in [-0.2, -0.15) is 5.10 Å². The molecule has 4 heterocycles. The van der Waals surface area contributed by atoms with E-state index >= 15 is 0 Å². The summed E-state index contributed by atoms with van der Waals surface area (Å²) >= 11 is 0. The molecule has 3 aromatic rings. The number of anilines is 2. The van der Waals surface area contributed by atoms with Crippen molar-refractivity contribution in [3.05, 3.63) is 65.5 Å². The number of carbonyl (C=O) groups excluding carboxylic acids is 1. The molecule has 3 aromatic heterocycles. The summed E-state index contributed by atoms with van der Waals surface area (Å²) in [4.78, 5) is 27.8. The maximum absolute atomic E-state index is 12.8. The first-order valence-corrected chi connectivity index (χ1v) is 11.0. The van der Waals surface area contributed by atoms with E-state index in [4.69, 9.17) is 0 Å². The number of hydrogen-bond donors (Lipinski definition) is 1. The topological polar surface area (TPSA) is 88.8 Å². The molecule has 0 aliphatic carbocycles. The molecule has 8 nitrogen and oxygen atoms in total. The van der Waals surface area contributed by atoms with Crippen LogP contribution in [0.25, 0.3) is 6.08 Å². The van der Waals surface area contributed by atoms with E-state index in [9.17, 15) is 4.79 Å². The van der Waals surface area contributed by atoms with Crippen molar-refractivity contribution in [1.82, 2.24) is 29.6 Å². The van der Waals surface area contributed by atoms with Crippen LogP contribution in [-0.2, 0) is 18.3 Å². The largest absolute Gasteiger partial charge is 0.339 e. The second-order valence-corrected chi connectivity index (χ2v) is 8.27. The summed E-state index contributed by atoms with van der Waals surface area (Å²) in [7, 11) is 1.92. The summed E-state index contributed by atoms with van der Waals surface area (Å²) in [6.45, 7) is 5.51. The molecule has 166 valence electrons. The first-order chi connectivity index (χ1) is 15.5. The quantitative estimate of drug-likeness (QED) is 0.601. The number of hydrogen-bond acceptors (Lipinski definition) is 6. The second kappa shape index (κ2) is 9.72.